The topological polar surface area (TPSA) is 28.2 Å². The molecule has 0 spiro atoms. The summed E-state index contributed by atoms with van der Waals surface area (Å²) < 4.78 is 14.7. The first-order valence-electron chi connectivity index (χ1n) is 7.82. The molecule has 1 atom stereocenters. The zero-order valence-electron chi connectivity index (χ0n) is 13.2. The number of hydrogen-bond acceptors (Lipinski definition) is 4. The van der Waals surface area contributed by atoms with E-state index in [2.05, 4.69) is 36.0 Å². The van der Waals surface area contributed by atoms with Crippen LogP contribution in [0.1, 0.15) is 32.8 Å². The number of nitrogens with zero attached hydrogens (tertiary/aromatic N) is 2. The minimum absolute atomic E-state index is 0.157. The lowest BCUT2D eigenvalue weighted by atomic mass is 10.2. The number of nitrogens with one attached hydrogen (secondary N) is 1. The summed E-state index contributed by atoms with van der Waals surface area (Å²) in [6, 6.07) is 1.78. The van der Waals surface area contributed by atoms with Gasteiger partial charge in [0.2, 0.25) is 0 Å². The molecule has 118 valence electrons. The summed E-state index contributed by atoms with van der Waals surface area (Å²) in [7, 11) is 0. The normalized spacial score (nSPS) is 19.3. The van der Waals surface area contributed by atoms with Gasteiger partial charge in [-0.25, -0.2) is 9.37 Å². The Kier molecular flexibility index (Phi) is 6.30. The van der Waals surface area contributed by atoms with Crippen LogP contribution in [-0.4, -0.2) is 35.6 Å². The number of pyridine rings is 1. The highest BCUT2D eigenvalue weighted by Gasteiger charge is 2.23. The predicted octanol–water partition coefficient (Wildman–Crippen LogP) is 3.30. The Hall–Kier alpha value is -0.810. The van der Waals surface area contributed by atoms with Gasteiger partial charge in [-0.1, -0.05) is 20.8 Å². The molecule has 0 amide bonds. The highest BCUT2D eigenvalue weighted by Crippen LogP contribution is 2.27. The minimum atomic E-state index is -0.157. The van der Waals surface area contributed by atoms with Gasteiger partial charge in [0.1, 0.15) is 0 Å². The molecule has 0 bridgehead atoms. The molecule has 2 rings (SSSR count). The molecule has 1 fully saturated rings. The summed E-state index contributed by atoms with van der Waals surface area (Å²) in [6.07, 6.45) is 2.85. The molecule has 0 aromatic carbocycles. The monoisotopic (exact) mass is 311 g/mol. The van der Waals surface area contributed by atoms with Crippen LogP contribution in [-0.2, 0) is 6.54 Å². The fraction of sp³-hybridized carbons (Fsp3) is 0.688. The number of hydrogen-bond donors (Lipinski definition) is 1. The molecule has 1 aliphatic rings. The number of rotatable bonds is 6. The maximum atomic E-state index is 14.7. The second kappa shape index (κ2) is 7.99. The van der Waals surface area contributed by atoms with Gasteiger partial charge in [-0.15, -0.1) is 0 Å². The summed E-state index contributed by atoms with van der Waals surface area (Å²) >= 11 is 1.98. The summed E-state index contributed by atoms with van der Waals surface area (Å²) in [4.78, 5) is 6.39. The molecular weight excluding hydrogens is 285 g/mol. The van der Waals surface area contributed by atoms with Crippen molar-refractivity contribution in [2.24, 2.45) is 5.92 Å². The molecule has 5 heteroatoms. The average Bonchev–Trinajstić information content (AvgIpc) is 2.49. The Morgan fingerprint density at radius 3 is 3.05 bits per heavy atom. The first-order chi connectivity index (χ1) is 10.1. The van der Waals surface area contributed by atoms with Crippen molar-refractivity contribution < 1.29 is 4.39 Å². The van der Waals surface area contributed by atoms with Crippen molar-refractivity contribution in [3.05, 3.63) is 23.6 Å². The number of aromatic nitrogens is 1. The van der Waals surface area contributed by atoms with Crippen molar-refractivity contribution in [3.8, 4) is 0 Å². The van der Waals surface area contributed by atoms with E-state index in [9.17, 15) is 4.39 Å². The van der Waals surface area contributed by atoms with Crippen LogP contribution in [0, 0.1) is 11.7 Å². The van der Waals surface area contributed by atoms with E-state index in [1.54, 1.807) is 12.3 Å². The van der Waals surface area contributed by atoms with Gasteiger partial charge in [0.25, 0.3) is 0 Å². The van der Waals surface area contributed by atoms with Crippen molar-refractivity contribution in [1.29, 1.82) is 0 Å². The Morgan fingerprint density at radius 1 is 1.52 bits per heavy atom. The summed E-state index contributed by atoms with van der Waals surface area (Å²) in [6.45, 7) is 9.74. The third-order valence-electron chi connectivity index (χ3n) is 3.71. The Bertz CT molecular complexity index is 453. The molecule has 0 radical (unpaired) electrons. The lowest BCUT2D eigenvalue weighted by molar-refractivity contribution is 0.531. The zero-order chi connectivity index (χ0) is 15.2. The summed E-state index contributed by atoms with van der Waals surface area (Å²) in [5.74, 6) is 1.99. The molecule has 1 N–H and O–H groups in total. The maximum absolute atomic E-state index is 14.7. The quantitative estimate of drug-likeness (QED) is 0.872. The minimum Gasteiger partial charge on any atom is -0.352 e. The number of anilines is 1. The van der Waals surface area contributed by atoms with Crippen molar-refractivity contribution >= 4 is 17.6 Å². The fourth-order valence-electron chi connectivity index (χ4n) is 2.48. The highest BCUT2D eigenvalue weighted by molar-refractivity contribution is 8.00. The van der Waals surface area contributed by atoms with Crippen molar-refractivity contribution in [3.63, 3.8) is 0 Å². The zero-order valence-corrected chi connectivity index (χ0v) is 14.0. The van der Waals surface area contributed by atoms with Crippen molar-refractivity contribution in [2.75, 3.05) is 30.3 Å². The van der Waals surface area contributed by atoms with Gasteiger partial charge in [-0.2, -0.15) is 11.8 Å². The maximum Gasteiger partial charge on any atom is 0.170 e. The second-order valence-electron chi connectivity index (χ2n) is 5.98. The van der Waals surface area contributed by atoms with Gasteiger partial charge in [0.05, 0.1) is 0 Å². The Balaban J connectivity index is 2.06. The van der Waals surface area contributed by atoms with E-state index in [0.29, 0.717) is 29.1 Å². The molecule has 1 aromatic rings. The van der Waals surface area contributed by atoms with Gasteiger partial charge >= 0.3 is 0 Å². The summed E-state index contributed by atoms with van der Waals surface area (Å²) in [5.41, 5.74) is 0.715. The molecule has 0 aliphatic carbocycles. The van der Waals surface area contributed by atoms with E-state index >= 15 is 0 Å². The molecule has 1 saturated heterocycles. The molecule has 1 aromatic heterocycles. The van der Waals surface area contributed by atoms with Gasteiger partial charge in [-0.3, -0.25) is 0 Å². The van der Waals surface area contributed by atoms with E-state index in [1.807, 2.05) is 11.8 Å². The highest BCUT2D eigenvalue weighted by atomic mass is 32.2. The van der Waals surface area contributed by atoms with Crippen LogP contribution in [0.2, 0.25) is 0 Å². The molecule has 2 heterocycles. The standard InChI is InChI=1S/C16H26FN3S/c1-4-14-11-20(7-8-21-14)16-15(17)13(5-6-19-16)10-18-9-12(2)3/h5-6,12,14,18H,4,7-11H2,1-3H3. The van der Waals surface area contributed by atoms with Gasteiger partial charge < -0.3 is 10.2 Å². The van der Waals surface area contributed by atoms with E-state index in [1.165, 1.54) is 0 Å². The number of thioether (sulfide) groups is 1. The van der Waals surface area contributed by atoms with E-state index in [-0.39, 0.29) is 5.82 Å². The largest absolute Gasteiger partial charge is 0.352 e. The van der Waals surface area contributed by atoms with E-state index < -0.39 is 0 Å². The van der Waals surface area contributed by atoms with Crippen molar-refractivity contribution in [1.82, 2.24) is 10.3 Å². The second-order valence-corrected chi connectivity index (χ2v) is 7.39. The van der Waals surface area contributed by atoms with E-state index in [4.69, 9.17) is 0 Å². The number of halogens is 1. The van der Waals surface area contributed by atoms with Crippen LogP contribution in [0.4, 0.5) is 10.2 Å². The molecule has 0 saturated carbocycles. The van der Waals surface area contributed by atoms with Crippen LogP contribution in [0.3, 0.4) is 0 Å². The molecule has 1 unspecified atom stereocenters. The average molecular weight is 311 g/mol. The van der Waals surface area contributed by atoms with Crippen LogP contribution >= 0.6 is 11.8 Å². The van der Waals surface area contributed by atoms with E-state index in [0.717, 1.165) is 31.8 Å². The SMILES string of the molecule is CCC1CN(c2nccc(CNCC(C)C)c2F)CCS1. The molecule has 3 nitrogen and oxygen atoms in total. The smallest absolute Gasteiger partial charge is 0.170 e. The lowest BCUT2D eigenvalue weighted by Gasteiger charge is -2.33. The van der Waals surface area contributed by atoms with Gasteiger partial charge in [0.15, 0.2) is 11.6 Å². The van der Waals surface area contributed by atoms with Crippen LogP contribution in [0.15, 0.2) is 12.3 Å². The molecule has 1 aliphatic heterocycles. The third-order valence-corrected chi connectivity index (χ3v) is 5.08. The van der Waals surface area contributed by atoms with Crippen LogP contribution < -0.4 is 10.2 Å². The summed E-state index contributed by atoms with van der Waals surface area (Å²) in [5, 5.41) is 3.89. The molecular formula is C16H26FN3S. The fourth-order valence-corrected chi connectivity index (χ4v) is 3.66. The first-order valence-corrected chi connectivity index (χ1v) is 8.87. The Labute approximate surface area is 131 Å². The Morgan fingerprint density at radius 2 is 2.33 bits per heavy atom. The lowest BCUT2D eigenvalue weighted by Crippen LogP contribution is -2.38. The van der Waals surface area contributed by atoms with Crippen molar-refractivity contribution in [2.45, 2.75) is 39.0 Å². The van der Waals surface area contributed by atoms with Gasteiger partial charge in [-0.05, 0) is 24.9 Å². The molecule has 21 heavy (non-hydrogen) atoms. The third kappa shape index (κ3) is 4.58. The van der Waals surface area contributed by atoms with Gasteiger partial charge in [0, 0.05) is 42.4 Å². The first kappa shape index (κ1) is 16.6. The van der Waals surface area contributed by atoms with Crippen LogP contribution in [0.25, 0.3) is 0 Å². The predicted molar refractivity (Wildman–Crippen MR) is 89.5 cm³/mol. The van der Waals surface area contributed by atoms with Crippen LogP contribution in [0.5, 0.6) is 0 Å².